The average Bonchev–Trinajstić information content (AvgIpc) is 3.27. The highest BCUT2D eigenvalue weighted by Crippen LogP contribution is 2.42. The highest BCUT2D eigenvalue weighted by atomic mass is 19.4. The Hall–Kier alpha value is -1.76. The van der Waals surface area contributed by atoms with Gasteiger partial charge in [0.15, 0.2) is 0 Å². The number of alkyl halides is 3. The summed E-state index contributed by atoms with van der Waals surface area (Å²) < 4.78 is 38.8. The summed E-state index contributed by atoms with van der Waals surface area (Å²) in [6.07, 6.45) is -1.03. The fraction of sp³-hybridized carbons (Fsp3) is 0.588. The highest BCUT2D eigenvalue weighted by Gasteiger charge is 2.38. The van der Waals surface area contributed by atoms with Crippen LogP contribution in [0.1, 0.15) is 42.9 Å². The van der Waals surface area contributed by atoms with E-state index in [9.17, 15) is 23.1 Å². The molecule has 0 radical (unpaired) electrons. The van der Waals surface area contributed by atoms with Gasteiger partial charge in [-0.15, -0.1) is 0 Å². The van der Waals surface area contributed by atoms with Crippen molar-refractivity contribution in [1.82, 2.24) is 10.2 Å². The Balaban J connectivity index is 1.77. The molecule has 2 N–H and O–H groups in total. The summed E-state index contributed by atoms with van der Waals surface area (Å²) in [5, 5.41) is 12.2. The van der Waals surface area contributed by atoms with E-state index < -0.39 is 17.8 Å². The van der Waals surface area contributed by atoms with Crippen molar-refractivity contribution in [2.75, 3.05) is 13.2 Å². The molecule has 1 aromatic carbocycles. The Morgan fingerprint density at radius 1 is 1.33 bits per heavy atom. The predicted molar refractivity (Wildman–Crippen MR) is 82.3 cm³/mol. The molecule has 1 aromatic rings. The Labute approximate surface area is 138 Å². The summed E-state index contributed by atoms with van der Waals surface area (Å²) in [6, 6.07) is 4.25. The molecule has 4 nitrogen and oxygen atoms in total. The van der Waals surface area contributed by atoms with Crippen LogP contribution in [-0.2, 0) is 6.18 Å². The fourth-order valence-corrected chi connectivity index (χ4v) is 3.32. The third-order valence-corrected chi connectivity index (χ3v) is 4.79. The Bertz CT molecular complexity index is 602. The monoisotopic (exact) mass is 342 g/mol. The topological polar surface area (TPSA) is 52.6 Å². The fourth-order valence-electron chi connectivity index (χ4n) is 3.32. The summed E-state index contributed by atoms with van der Waals surface area (Å²) in [7, 11) is 0. The van der Waals surface area contributed by atoms with Crippen molar-refractivity contribution in [3.8, 4) is 0 Å². The molecule has 2 fully saturated rings. The van der Waals surface area contributed by atoms with Crippen LogP contribution >= 0.6 is 0 Å². The largest absolute Gasteiger partial charge is 0.416 e. The number of aliphatic hydroxyl groups is 1. The maximum absolute atomic E-state index is 12.9. The second kappa shape index (κ2) is 6.63. The number of nitrogens with zero attached hydrogens (tertiary/aromatic N) is 1. The molecule has 0 aromatic heterocycles. The zero-order chi connectivity index (χ0) is 17.3. The van der Waals surface area contributed by atoms with Crippen LogP contribution in [0.5, 0.6) is 0 Å². The number of carbonyl (C=O) groups excluding carboxylic acids is 1. The van der Waals surface area contributed by atoms with E-state index in [1.807, 2.05) is 0 Å². The lowest BCUT2D eigenvalue weighted by molar-refractivity contribution is -0.137. The van der Waals surface area contributed by atoms with Crippen molar-refractivity contribution in [3.05, 3.63) is 35.4 Å². The predicted octanol–water partition coefficient (Wildman–Crippen LogP) is 3.32. The molecule has 2 atom stereocenters. The highest BCUT2D eigenvalue weighted by molar-refractivity contribution is 5.75. The van der Waals surface area contributed by atoms with Crippen molar-refractivity contribution in [2.45, 2.75) is 43.9 Å². The molecular formula is C17H21F3N2O2. The first-order chi connectivity index (χ1) is 11.4. The van der Waals surface area contributed by atoms with Crippen molar-refractivity contribution in [2.24, 2.45) is 5.92 Å². The average molecular weight is 342 g/mol. The number of hydrogen-bond donors (Lipinski definition) is 2. The molecule has 1 aliphatic heterocycles. The molecule has 7 heteroatoms. The molecule has 2 aliphatic rings. The van der Waals surface area contributed by atoms with Crippen LogP contribution in [-0.4, -0.2) is 35.2 Å². The van der Waals surface area contributed by atoms with E-state index in [0.717, 1.165) is 37.8 Å². The molecule has 132 valence electrons. The van der Waals surface area contributed by atoms with Gasteiger partial charge in [0.05, 0.1) is 24.3 Å². The first-order valence-electron chi connectivity index (χ1n) is 8.25. The number of rotatable bonds is 4. The van der Waals surface area contributed by atoms with Gasteiger partial charge in [-0.3, -0.25) is 0 Å². The molecular weight excluding hydrogens is 321 g/mol. The minimum absolute atomic E-state index is 0.0922. The number of amides is 2. The van der Waals surface area contributed by atoms with E-state index in [4.69, 9.17) is 0 Å². The third-order valence-electron chi connectivity index (χ3n) is 4.79. The first kappa shape index (κ1) is 17.1. The van der Waals surface area contributed by atoms with Gasteiger partial charge in [-0.25, -0.2) is 4.79 Å². The summed E-state index contributed by atoms with van der Waals surface area (Å²) in [5.41, 5.74) is -0.213. The minimum Gasteiger partial charge on any atom is -0.394 e. The first-order valence-corrected chi connectivity index (χ1v) is 8.25. The zero-order valence-electron chi connectivity index (χ0n) is 13.2. The Kier molecular flexibility index (Phi) is 4.71. The Morgan fingerprint density at radius 2 is 2.08 bits per heavy atom. The smallest absolute Gasteiger partial charge is 0.394 e. The van der Waals surface area contributed by atoms with Crippen LogP contribution in [0.2, 0.25) is 0 Å². The van der Waals surface area contributed by atoms with Crippen LogP contribution in [0.4, 0.5) is 18.0 Å². The van der Waals surface area contributed by atoms with E-state index in [2.05, 4.69) is 5.32 Å². The van der Waals surface area contributed by atoms with Gasteiger partial charge in [0.2, 0.25) is 0 Å². The van der Waals surface area contributed by atoms with Gasteiger partial charge < -0.3 is 15.3 Å². The lowest BCUT2D eigenvalue weighted by Gasteiger charge is -2.27. The van der Waals surface area contributed by atoms with E-state index in [0.29, 0.717) is 12.1 Å². The number of likely N-dealkylation sites (tertiary alicyclic amines) is 1. The van der Waals surface area contributed by atoms with Crippen LogP contribution < -0.4 is 5.32 Å². The van der Waals surface area contributed by atoms with Crippen LogP contribution in [0.25, 0.3) is 0 Å². The summed E-state index contributed by atoms with van der Waals surface area (Å²) in [6.45, 7) is 0.474. The third kappa shape index (κ3) is 3.66. The SMILES string of the molecule is O=C(N[C@@H](c1cccc(C(F)(F)F)c1)C1CC1)N1CCC[C@H]1CO. The molecule has 1 saturated carbocycles. The molecule has 1 heterocycles. The summed E-state index contributed by atoms with van der Waals surface area (Å²) in [4.78, 5) is 14.1. The molecule has 0 spiro atoms. The number of halogens is 3. The van der Waals surface area contributed by atoms with E-state index in [1.54, 1.807) is 11.0 Å². The van der Waals surface area contributed by atoms with Crippen LogP contribution in [0.3, 0.4) is 0 Å². The van der Waals surface area contributed by atoms with Crippen LogP contribution in [0.15, 0.2) is 24.3 Å². The molecule has 2 amide bonds. The van der Waals surface area contributed by atoms with Gasteiger partial charge >= 0.3 is 12.2 Å². The maximum atomic E-state index is 12.9. The molecule has 3 rings (SSSR count). The number of hydrogen-bond acceptors (Lipinski definition) is 2. The second-order valence-corrected chi connectivity index (χ2v) is 6.56. The number of benzene rings is 1. The zero-order valence-corrected chi connectivity index (χ0v) is 13.2. The standard InChI is InChI=1S/C17H21F3N2O2/c18-17(19,20)13-4-1-3-12(9-13)15(11-6-7-11)21-16(24)22-8-2-5-14(22)10-23/h1,3-4,9,11,14-15,23H,2,5-8,10H2,(H,21,24)/t14-,15+/m0/s1. The molecule has 0 unspecified atom stereocenters. The van der Waals surface area contributed by atoms with Crippen molar-refractivity contribution < 1.29 is 23.1 Å². The minimum atomic E-state index is -4.40. The van der Waals surface area contributed by atoms with Crippen LogP contribution in [0, 0.1) is 5.92 Å². The second-order valence-electron chi connectivity index (χ2n) is 6.56. The van der Waals surface area contributed by atoms with E-state index >= 15 is 0 Å². The number of carbonyl (C=O) groups is 1. The normalized spacial score (nSPS) is 22.5. The van der Waals surface area contributed by atoms with Crippen molar-refractivity contribution >= 4 is 6.03 Å². The molecule has 1 saturated heterocycles. The molecule has 0 bridgehead atoms. The Morgan fingerprint density at radius 3 is 2.71 bits per heavy atom. The summed E-state index contributed by atoms with van der Waals surface area (Å²) in [5.74, 6) is 0.174. The van der Waals surface area contributed by atoms with Gasteiger partial charge in [-0.2, -0.15) is 13.2 Å². The van der Waals surface area contributed by atoms with Gasteiger partial charge in [-0.1, -0.05) is 12.1 Å². The van der Waals surface area contributed by atoms with E-state index in [-0.39, 0.29) is 24.6 Å². The number of urea groups is 1. The van der Waals surface area contributed by atoms with Gasteiger partial charge in [-0.05, 0) is 49.3 Å². The maximum Gasteiger partial charge on any atom is 0.416 e. The number of aliphatic hydroxyl groups excluding tert-OH is 1. The quantitative estimate of drug-likeness (QED) is 0.882. The van der Waals surface area contributed by atoms with Crippen molar-refractivity contribution in [3.63, 3.8) is 0 Å². The van der Waals surface area contributed by atoms with E-state index in [1.165, 1.54) is 6.07 Å². The van der Waals surface area contributed by atoms with Gasteiger partial charge in [0, 0.05) is 6.54 Å². The van der Waals surface area contributed by atoms with Gasteiger partial charge in [0.25, 0.3) is 0 Å². The summed E-state index contributed by atoms with van der Waals surface area (Å²) >= 11 is 0. The molecule has 24 heavy (non-hydrogen) atoms. The number of nitrogens with one attached hydrogen (secondary N) is 1. The lowest BCUT2D eigenvalue weighted by atomic mass is 10.00. The lowest BCUT2D eigenvalue weighted by Crippen LogP contribution is -2.45. The molecule has 1 aliphatic carbocycles. The van der Waals surface area contributed by atoms with Gasteiger partial charge in [0.1, 0.15) is 0 Å². The van der Waals surface area contributed by atoms with Crippen molar-refractivity contribution in [1.29, 1.82) is 0 Å².